The summed E-state index contributed by atoms with van der Waals surface area (Å²) in [6, 6.07) is 8.32. The van der Waals surface area contributed by atoms with Gasteiger partial charge in [0.15, 0.2) is 4.90 Å². The van der Waals surface area contributed by atoms with Crippen LogP contribution >= 0.6 is 0 Å². The van der Waals surface area contributed by atoms with Crippen LogP contribution in [0.4, 0.5) is 21.9 Å². The van der Waals surface area contributed by atoms with Crippen molar-refractivity contribution in [3.63, 3.8) is 0 Å². The second kappa shape index (κ2) is 7.70. The number of rotatable bonds is 6. The first-order valence-corrected chi connectivity index (χ1v) is 8.63. The van der Waals surface area contributed by atoms with Crippen LogP contribution in [-0.2, 0) is 14.8 Å². The molecule has 142 valence electrons. The average molecular weight is 395 g/mol. The number of hydrogen-bond donors (Lipinski definition) is 3. The van der Waals surface area contributed by atoms with Crippen molar-refractivity contribution < 1.29 is 32.8 Å². The lowest BCUT2D eigenvalue weighted by Crippen LogP contribution is -2.19. The van der Waals surface area contributed by atoms with Crippen LogP contribution in [0.2, 0.25) is 0 Å². The fraction of sp³-hybridized carbons (Fsp3) is 0.0667. The van der Waals surface area contributed by atoms with Gasteiger partial charge in [-0.05, 0) is 18.2 Å². The van der Waals surface area contributed by atoms with E-state index in [0.29, 0.717) is 0 Å². The third-order valence-electron chi connectivity index (χ3n) is 3.30. The number of ether oxygens (including phenoxy) is 1. The second-order valence-electron chi connectivity index (χ2n) is 4.98. The lowest BCUT2D eigenvalue weighted by molar-refractivity contribution is -0.387. The standard InChI is InChI=1S/C15H13N3O8S/c1-26-14(19)9-5-4-6-10(13(9)16-15(20)21)17-27(24,25)12-8-3-2-7-11(12)18(22)23/h2-8,16-17H,1H3,(H,20,21). The van der Waals surface area contributed by atoms with Crippen molar-refractivity contribution in [3.05, 3.63) is 58.1 Å². The molecule has 0 aliphatic carbocycles. The Bertz CT molecular complexity index is 1020. The van der Waals surface area contributed by atoms with Crippen LogP contribution in [0.5, 0.6) is 0 Å². The summed E-state index contributed by atoms with van der Waals surface area (Å²) in [4.78, 5) is 32.4. The minimum Gasteiger partial charge on any atom is -0.465 e. The minimum absolute atomic E-state index is 0.248. The molecule has 0 spiro atoms. The van der Waals surface area contributed by atoms with Crippen LogP contribution in [0.25, 0.3) is 0 Å². The number of carbonyl (C=O) groups excluding carboxylic acids is 1. The van der Waals surface area contributed by atoms with Crippen molar-refractivity contribution in [2.45, 2.75) is 4.90 Å². The molecule has 1 amide bonds. The molecule has 2 aromatic rings. The van der Waals surface area contributed by atoms with Crippen LogP contribution in [0.3, 0.4) is 0 Å². The number of nitrogens with zero attached hydrogens (tertiary/aromatic N) is 1. The number of amides is 1. The monoisotopic (exact) mass is 395 g/mol. The second-order valence-corrected chi connectivity index (χ2v) is 6.63. The molecule has 12 heteroatoms. The van der Waals surface area contributed by atoms with Crippen LogP contribution in [-0.4, -0.2) is 37.6 Å². The van der Waals surface area contributed by atoms with Crippen LogP contribution in [0, 0.1) is 10.1 Å². The zero-order valence-corrected chi connectivity index (χ0v) is 14.5. The topological polar surface area (TPSA) is 165 Å². The van der Waals surface area contributed by atoms with E-state index in [-0.39, 0.29) is 16.9 Å². The highest BCUT2D eigenvalue weighted by Gasteiger charge is 2.27. The summed E-state index contributed by atoms with van der Waals surface area (Å²) in [6.45, 7) is 0. The average Bonchev–Trinajstić information content (AvgIpc) is 2.61. The Morgan fingerprint density at radius 3 is 2.41 bits per heavy atom. The zero-order chi connectivity index (χ0) is 20.2. The van der Waals surface area contributed by atoms with Crippen LogP contribution < -0.4 is 10.0 Å². The van der Waals surface area contributed by atoms with E-state index in [0.717, 1.165) is 19.2 Å². The Balaban J connectivity index is 2.58. The molecule has 0 bridgehead atoms. The fourth-order valence-corrected chi connectivity index (χ4v) is 3.44. The van der Waals surface area contributed by atoms with Crippen LogP contribution in [0.15, 0.2) is 47.4 Å². The number of benzene rings is 2. The van der Waals surface area contributed by atoms with E-state index in [1.807, 2.05) is 5.32 Å². The number of nitrogens with one attached hydrogen (secondary N) is 2. The van der Waals surface area contributed by atoms with Gasteiger partial charge in [0.1, 0.15) is 0 Å². The number of carboxylic acid groups (broad SMARTS) is 1. The lowest BCUT2D eigenvalue weighted by Gasteiger charge is -2.15. The van der Waals surface area contributed by atoms with Gasteiger partial charge in [0.05, 0.1) is 29.0 Å². The van der Waals surface area contributed by atoms with E-state index in [4.69, 9.17) is 5.11 Å². The molecule has 0 saturated heterocycles. The molecule has 0 fully saturated rings. The van der Waals surface area contributed by atoms with Crippen molar-refractivity contribution in [2.24, 2.45) is 0 Å². The third kappa shape index (κ3) is 4.30. The predicted molar refractivity (Wildman–Crippen MR) is 93.3 cm³/mol. The van der Waals surface area contributed by atoms with Gasteiger partial charge in [0, 0.05) is 6.07 Å². The maximum Gasteiger partial charge on any atom is 0.409 e. The highest BCUT2D eigenvalue weighted by molar-refractivity contribution is 7.92. The number of esters is 1. The highest BCUT2D eigenvalue weighted by Crippen LogP contribution is 2.31. The van der Waals surface area contributed by atoms with E-state index in [9.17, 15) is 28.1 Å². The number of hydrogen-bond acceptors (Lipinski definition) is 7. The van der Waals surface area contributed by atoms with Gasteiger partial charge in [-0.1, -0.05) is 18.2 Å². The Kier molecular flexibility index (Phi) is 5.60. The summed E-state index contributed by atoms with van der Waals surface area (Å²) < 4.78 is 31.8. The number of nitro groups is 1. The van der Waals surface area contributed by atoms with Crippen molar-refractivity contribution in [1.82, 2.24) is 0 Å². The van der Waals surface area contributed by atoms with Gasteiger partial charge in [-0.2, -0.15) is 0 Å². The number of anilines is 2. The lowest BCUT2D eigenvalue weighted by atomic mass is 10.1. The first-order valence-electron chi connectivity index (χ1n) is 7.15. The van der Waals surface area contributed by atoms with Crippen molar-refractivity contribution in [3.8, 4) is 0 Å². The number of methoxy groups -OCH3 is 1. The predicted octanol–water partition coefficient (Wildman–Crippen LogP) is 2.27. The van der Waals surface area contributed by atoms with Gasteiger partial charge < -0.3 is 9.84 Å². The molecule has 3 N–H and O–H groups in total. The first kappa shape index (κ1) is 19.7. The summed E-state index contributed by atoms with van der Waals surface area (Å²) in [5.41, 5.74) is -1.60. The Morgan fingerprint density at radius 2 is 1.81 bits per heavy atom. The van der Waals surface area contributed by atoms with E-state index in [1.165, 1.54) is 30.3 Å². The molecule has 0 saturated carbocycles. The number of carbonyl (C=O) groups is 2. The van der Waals surface area contributed by atoms with Crippen molar-refractivity contribution in [1.29, 1.82) is 0 Å². The molecule has 27 heavy (non-hydrogen) atoms. The summed E-state index contributed by atoms with van der Waals surface area (Å²) in [5, 5.41) is 22.0. The molecular formula is C15H13N3O8S. The molecule has 0 aliphatic rings. The molecular weight excluding hydrogens is 382 g/mol. The summed E-state index contributed by atoms with van der Waals surface area (Å²) in [6.07, 6.45) is -1.56. The fourth-order valence-electron chi connectivity index (χ4n) is 2.19. The van der Waals surface area contributed by atoms with Gasteiger partial charge in [-0.15, -0.1) is 0 Å². The molecule has 11 nitrogen and oxygen atoms in total. The van der Waals surface area contributed by atoms with Gasteiger partial charge in [-0.3, -0.25) is 20.2 Å². The number of para-hydroxylation sites is 2. The zero-order valence-electron chi connectivity index (χ0n) is 13.7. The summed E-state index contributed by atoms with van der Waals surface area (Å²) in [5.74, 6) is -0.912. The summed E-state index contributed by atoms with van der Waals surface area (Å²) >= 11 is 0. The number of sulfonamides is 1. The quantitative estimate of drug-likeness (QED) is 0.380. The van der Waals surface area contributed by atoms with Gasteiger partial charge in [0.2, 0.25) is 0 Å². The molecule has 0 heterocycles. The smallest absolute Gasteiger partial charge is 0.409 e. The Morgan fingerprint density at radius 1 is 1.15 bits per heavy atom. The van der Waals surface area contributed by atoms with E-state index in [1.54, 1.807) is 0 Å². The molecule has 2 aromatic carbocycles. The Hall–Kier alpha value is -3.67. The minimum atomic E-state index is -4.47. The maximum absolute atomic E-state index is 12.6. The molecule has 0 aromatic heterocycles. The van der Waals surface area contributed by atoms with Crippen LogP contribution in [0.1, 0.15) is 10.4 Å². The maximum atomic E-state index is 12.6. The number of nitro benzene ring substituents is 1. The normalized spacial score (nSPS) is 10.7. The van der Waals surface area contributed by atoms with Gasteiger partial charge >= 0.3 is 12.1 Å². The molecule has 2 rings (SSSR count). The first-order chi connectivity index (χ1) is 12.7. The van der Waals surface area contributed by atoms with Crippen molar-refractivity contribution >= 4 is 39.1 Å². The van der Waals surface area contributed by atoms with Gasteiger partial charge in [-0.25, -0.2) is 18.0 Å². The Labute approximate surface area is 152 Å². The van der Waals surface area contributed by atoms with E-state index in [2.05, 4.69) is 9.46 Å². The SMILES string of the molecule is COC(=O)c1cccc(NS(=O)(=O)c2ccccc2[N+](=O)[O-])c1NC(=O)O. The highest BCUT2D eigenvalue weighted by atomic mass is 32.2. The van der Waals surface area contributed by atoms with Crippen molar-refractivity contribution in [2.75, 3.05) is 17.1 Å². The molecule has 0 radical (unpaired) electrons. The van der Waals surface area contributed by atoms with E-state index >= 15 is 0 Å². The third-order valence-corrected chi connectivity index (χ3v) is 4.71. The molecule has 0 aliphatic heterocycles. The molecule has 0 unspecified atom stereocenters. The van der Waals surface area contributed by atoms with Gasteiger partial charge in [0.25, 0.3) is 15.7 Å². The largest absolute Gasteiger partial charge is 0.465 e. The molecule has 0 atom stereocenters. The van der Waals surface area contributed by atoms with E-state index < -0.39 is 37.6 Å². The summed E-state index contributed by atoms with van der Waals surface area (Å²) in [7, 11) is -3.41.